The number of hydrogen-bond donors (Lipinski definition) is 2. The van der Waals surface area contributed by atoms with Crippen molar-refractivity contribution >= 4 is 0 Å². The lowest BCUT2D eigenvalue weighted by molar-refractivity contribution is 0.167. The van der Waals surface area contributed by atoms with Crippen LogP contribution < -0.4 is 5.73 Å². The zero-order valence-electron chi connectivity index (χ0n) is 9.61. The predicted octanol–water partition coefficient (Wildman–Crippen LogP) is 2.06. The third-order valence-electron chi connectivity index (χ3n) is 2.62. The van der Waals surface area contributed by atoms with E-state index in [1.807, 2.05) is 0 Å². The molecule has 0 aliphatic heterocycles. The van der Waals surface area contributed by atoms with Gasteiger partial charge >= 0.3 is 0 Å². The molecule has 0 saturated heterocycles. The standard InChI is InChI=1S/C13H21NO/c1-10(2)12-5-3-11(4-6-12)9-13(15)7-8-14/h3-6,10,13,15H,7-9,14H2,1-2H3. The fraction of sp³-hybridized carbons (Fsp3) is 0.538. The van der Waals surface area contributed by atoms with Gasteiger partial charge in [0.2, 0.25) is 0 Å². The number of benzene rings is 1. The predicted molar refractivity (Wildman–Crippen MR) is 63.9 cm³/mol. The third-order valence-corrected chi connectivity index (χ3v) is 2.62. The maximum atomic E-state index is 9.60. The van der Waals surface area contributed by atoms with E-state index in [2.05, 4.69) is 38.1 Å². The molecule has 0 saturated carbocycles. The number of rotatable bonds is 5. The van der Waals surface area contributed by atoms with Gasteiger partial charge in [-0.25, -0.2) is 0 Å². The van der Waals surface area contributed by atoms with Gasteiger partial charge in [-0.3, -0.25) is 0 Å². The van der Waals surface area contributed by atoms with Crippen molar-refractivity contribution in [3.05, 3.63) is 35.4 Å². The smallest absolute Gasteiger partial charge is 0.0592 e. The highest BCUT2D eigenvalue weighted by molar-refractivity contribution is 5.25. The van der Waals surface area contributed by atoms with Crippen LogP contribution in [0.15, 0.2) is 24.3 Å². The number of hydrogen-bond acceptors (Lipinski definition) is 2. The van der Waals surface area contributed by atoms with E-state index in [1.54, 1.807) is 0 Å². The molecular formula is C13H21NO. The molecule has 0 amide bonds. The molecule has 2 heteroatoms. The van der Waals surface area contributed by atoms with Crippen molar-refractivity contribution in [2.24, 2.45) is 5.73 Å². The molecule has 2 nitrogen and oxygen atoms in total. The van der Waals surface area contributed by atoms with E-state index in [-0.39, 0.29) is 6.10 Å². The summed E-state index contributed by atoms with van der Waals surface area (Å²) in [6.07, 6.45) is 1.07. The van der Waals surface area contributed by atoms with Crippen LogP contribution in [0.3, 0.4) is 0 Å². The van der Waals surface area contributed by atoms with E-state index in [0.717, 1.165) is 0 Å². The highest BCUT2D eigenvalue weighted by atomic mass is 16.3. The molecule has 15 heavy (non-hydrogen) atoms. The number of nitrogens with two attached hydrogens (primary N) is 1. The first kappa shape index (κ1) is 12.2. The highest BCUT2D eigenvalue weighted by Crippen LogP contribution is 2.15. The van der Waals surface area contributed by atoms with Gasteiger partial charge in [-0.2, -0.15) is 0 Å². The van der Waals surface area contributed by atoms with Crippen LogP contribution >= 0.6 is 0 Å². The summed E-state index contributed by atoms with van der Waals surface area (Å²) in [5.41, 5.74) is 7.91. The van der Waals surface area contributed by atoms with Crippen LogP contribution in [-0.2, 0) is 6.42 Å². The van der Waals surface area contributed by atoms with E-state index in [9.17, 15) is 5.11 Å². The molecule has 0 aliphatic carbocycles. The molecular weight excluding hydrogens is 186 g/mol. The molecule has 0 spiro atoms. The van der Waals surface area contributed by atoms with E-state index in [4.69, 9.17) is 5.73 Å². The monoisotopic (exact) mass is 207 g/mol. The Labute approximate surface area is 92.1 Å². The lowest BCUT2D eigenvalue weighted by atomic mass is 9.99. The minimum absolute atomic E-state index is 0.306. The van der Waals surface area contributed by atoms with Gasteiger partial charge in [0.25, 0.3) is 0 Å². The molecule has 0 aliphatic rings. The second-order valence-corrected chi connectivity index (χ2v) is 4.33. The third kappa shape index (κ3) is 4.02. The first-order chi connectivity index (χ1) is 7.13. The van der Waals surface area contributed by atoms with Gasteiger partial charge in [-0.1, -0.05) is 38.1 Å². The van der Waals surface area contributed by atoms with E-state index in [1.165, 1.54) is 11.1 Å². The Kier molecular flexibility index (Phi) is 4.79. The fourth-order valence-electron chi connectivity index (χ4n) is 1.61. The summed E-state index contributed by atoms with van der Waals surface area (Å²) in [6.45, 7) is 4.90. The Morgan fingerprint density at radius 3 is 2.27 bits per heavy atom. The summed E-state index contributed by atoms with van der Waals surface area (Å²) in [7, 11) is 0. The summed E-state index contributed by atoms with van der Waals surface area (Å²) < 4.78 is 0. The van der Waals surface area contributed by atoms with Crippen molar-refractivity contribution in [3.63, 3.8) is 0 Å². The largest absolute Gasteiger partial charge is 0.393 e. The van der Waals surface area contributed by atoms with Gasteiger partial charge < -0.3 is 10.8 Å². The summed E-state index contributed by atoms with van der Waals surface area (Å²) in [6, 6.07) is 8.45. The number of aliphatic hydroxyl groups excluding tert-OH is 1. The molecule has 1 unspecified atom stereocenters. The van der Waals surface area contributed by atoms with Crippen molar-refractivity contribution in [1.82, 2.24) is 0 Å². The SMILES string of the molecule is CC(C)c1ccc(CC(O)CCN)cc1. The van der Waals surface area contributed by atoms with Crippen LogP contribution in [0, 0.1) is 0 Å². The van der Waals surface area contributed by atoms with Crippen LogP contribution in [0.25, 0.3) is 0 Å². The molecule has 84 valence electrons. The molecule has 0 bridgehead atoms. The van der Waals surface area contributed by atoms with Gasteiger partial charge in [-0.15, -0.1) is 0 Å². The van der Waals surface area contributed by atoms with Crippen LogP contribution in [0.5, 0.6) is 0 Å². The first-order valence-corrected chi connectivity index (χ1v) is 5.60. The molecule has 0 aromatic heterocycles. The normalized spacial score (nSPS) is 13.1. The number of aliphatic hydroxyl groups is 1. The maximum Gasteiger partial charge on any atom is 0.0592 e. The molecule has 1 atom stereocenters. The van der Waals surface area contributed by atoms with Gasteiger partial charge in [0, 0.05) is 0 Å². The molecule has 3 N–H and O–H groups in total. The molecule has 1 aromatic carbocycles. The molecule has 1 aromatic rings. The van der Waals surface area contributed by atoms with Crippen molar-refractivity contribution in [2.75, 3.05) is 6.54 Å². The average Bonchev–Trinajstić information content (AvgIpc) is 2.18. The maximum absolute atomic E-state index is 9.60. The fourth-order valence-corrected chi connectivity index (χ4v) is 1.61. The zero-order valence-corrected chi connectivity index (χ0v) is 9.61. The van der Waals surface area contributed by atoms with E-state index in [0.29, 0.717) is 25.3 Å². The zero-order chi connectivity index (χ0) is 11.3. The summed E-state index contributed by atoms with van der Waals surface area (Å²) in [4.78, 5) is 0. The summed E-state index contributed by atoms with van der Waals surface area (Å²) in [5, 5.41) is 9.60. The van der Waals surface area contributed by atoms with Crippen molar-refractivity contribution < 1.29 is 5.11 Å². The minimum Gasteiger partial charge on any atom is -0.393 e. The quantitative estimate of drug-likeness (QED) is 0.776. The lowest BCUT2D eigenvalue weighted by Gasteiger charge is -2.10. The molecule has 0 heterocycles. The van der Waals surface area contributed by atoms with Crippen molar-refractivity contribution in [2.45, 2.75) is 38.7 Å². The highest BCUT2D eigenvalue weighted by Gasteiger charge is 2.05. The first-order valence-electron chi connectivity index (χ1n) is 5.60. The molecule has 0 radical (unpaired) electrons. The van der Waals surface area contributed by atoms with Crippen LogP contribution in [0.1, 0.15) is 37.3 Å². The average molecular weight is 207 g/mol. The second-order valence-electron chi connectivity index (χ2n) is 4.33. The lowest BCUT2D eigenvalue weighted by Crippen LogP contribution is -2.15. The summed E-state index contributed by atoms with van der Waals surface area (Å²) >= 11 is 0. The van der Waals surface area contributed by atoms with Crippen LogP contribution in [0.4, 0.5) is 0 Å². The Morgan fingerprint density at radius 1 is 1.20 bits per heavy atom. The van der Waals surface area contributed by atoms with Crippen LogP contribution in [-0.4, -0.2) is 17.8 Å². The van der Waals surface area contributed by atoms with Gasteiger partial charge in [0.05, 0.1) is 6.10 Å². The Hall–Kier alpha value is -0.860. The van der Waals surface area contributed by atoms with Gasteiger partial charge in [0.15, 0.2) is 0 Å². The van der Waals surface area contributed by atoms with Crippen molar-refractivity contribution in [3.8, 4) is 0 Å². The molecule has 0 fully saturated rings. The summed E-state index contributed by atoms with van der Waals surface area (Å²) in [5.74, 6) is 0.563. The Balaban J connectivity index is 2.56. The topological polar surface area (TPSA) is 46.2 Å². The minimum atomic E-state index is -0.306. The van der Waals surface area contributed by atoms with Crippen LogP contribution in [0.2, 0.25) is 0 Å². The van der Waals surface area contributed by atoms with Gasteiger partial charge in [0.1, 0.15) is 0 Å². The van der Waals surface area contributed by atoms with E-state index >= 15 is 0 Å². The molecule has 1 rings (SSSR count). The Bertz CT molecular complexity index is 279. The second kappa shape index (κ2) is 5.89. The Morgan fingerprint density at radius 2 is 1.80 bits per heavy atom. The van der Waals surface area contributed by atoms with Crippen molar-refractivity contribution in [1.29, 1.82) is 0 Å². The van der Waals surface area contributed by atoms with Gasteiger partial charge in [-0.05, 0) is 36.4 Å². The van der Waals surface area contributed by atoms with E-state index < -0.39 is 0 Å².